The van der Waals surface area contributed by atoms with Crippen molar-refractivity contribution in [3.05, 3.63) is 18.0 Å². The quantitative estimate of drug-likeness (QED) is 0.615. The summed E-state index contributed by atoms with van der Waals surface area (Å²) in [5, 5.41) is 11.0. The number of aromatic nitrogens is 2. The van der Waals surface area contributed by atoms with Gasteiger partial charge in [0.05, 0.1) is 6.20 Å². The highest BCUT2D eigenvalue weighted by Gasteiger charge is 2.34. The van der Waals surface area contributed by atoms with Crippen LogP contribution >= 0.6 is 0 Å². The van der Waals surface area contributed by atoms with Crippen LogP contribution in [-0.4, -0.2) is 35.9 Å². The molecule has 0 spiro atoms. The highest BCUT2D eigenvalue weighted by molar-refractivity contribution is 5.79. The lowest BCUT2D eigenvalue weighted by molar-refractivity contribution is 0.131. The topological polar surface area (TPSA) is 54.2 Å². The molecule has 0 saturated heterocycles. The Kier molecular flexibility index (Phi) is 5.04. The van der Waals surface area contributed by atoms with Gasteiger partial charge in [0, 0.05) is 33.4 Å². The summed E-state index contributed by atoms with van der Waals surface area (Å²) in [5.74, 6) is 0.911. The predicted molar refractivity (Wildman–Crippen MR) is 82.9 cm³/mol. The number of hydrogen-bond acceptors (Lipinski definition) is 2. The van der Waals surface area contributed by atoms with E-state index in [1.807, 2.05) is 25.0 Å². The Balaban J connectivity index is 1.70. The van der Waals surface area contributed by atoms with Gasteiger partial charge in [-0.25, -0.2) is 0 Å². The highest BCUT2D eigenvalue weighted by atomic mass is 15.2. The van der Waals surface area contributed by atoms with Gasteiger partial charge in [-0.05, 0) is 36.7 Å². The molecule has 1 saturated carbocycles. The fourth-order valence-electron chi connectivity index (χ4n) is 2.75. The molecule has 20 heavy (non-hydrogen) atoms. The van der Waals surface area contributed by atoms with Gasteiger partial charge in [0.15, 0.2) is 5.96 Å². The van der Waals surface area contributed by atoms with Gasteiger partial charge < -0.3 is 10.6 Å². The van der Waals surface area contributed by atoms with Gasteiger partial charge in [-0.15, -0.1) is 0 Å². The molecular formula is C15H27N5. The Hall–Kier alpha value is -1.52. The number of rotatable bonds is 6. The van der Waals surface area contributed by atoms with E-state index in [-0.39, 0.29) is 0 Å². The van der Waals surface area contributed by atoms with Crippen LogP contribution in [0.25, 0.3) is 0 Å². The van der Waals surface area contributed by atoms with E-state index in [1.165, 1.54) is 31.2 Å². The summed E-state index contributed by atoms with van der Waals surface area (Å²) in [5.41, 5.74) is 1.76. The lowest BCUT2D eigenvalue weighted by Crippen LogP contribution is -2.46. The van der Waals surface area contributed by atoms with Crippen molar-refractivity contribution in [2.24, 2.45) is 17.5 Å². The van der Waals surface area contributed by atoms with Crippen molar-refractivity contribution in [1.82, 2.24) is 20.4 Å². The largest absolute Gasteiger partial charge is 0.356 e. The number of nitrogens with zero attached hydrogens (tertiary/aromatic N) is 3. The van der Waals surface area contributed by atoms with E-state index in [1.54, 1.807) is 0 Å². The van der Waals surface area contributed by atoms with Crippen LogP contribution in [0.1, 0.15) is 38.2 Å². The average Bonchev–Trinajstić information content (AvgIpc) is 2.81. The van der Waals surface area contributed by atoms with E-state index >= 15 is 0 Å². The molecule has 0 radical (unpaired) electrons. The van der Waals surface area contributed by atoms with Crippen molar-refractivity contribution < 1.29 is 0 Å². The zero-order valence-corrected chi connectivity index (χ0v) is 12.9. The second-order valence-electron chi connectivity index (χ2n) is 5.83. The van der Waals surface area contributed by atoms with E-state index < -0.39 is 0 Å². The Morgan fingerprint density at radius 1 is 1.45 bits per heavy atom. The van der Waals surface area contributed by atoms with E-state index in [0.717, 1.165) is 25.5 Å². The van der Waals surface area contributed by atoms with Crippen LogP contribution in [0.15, 0.2) is 17.4 Å². The third kappa shape index (κ3) is 3.74. The maximum absolute atomic E-state index is 4.29. The molecule has 2 rings (SSSR count). The number of nitrogens with one attached hydrogen (secondary N) is 2. The van der Waals surface area contributed by atoms with Gasteiger partial charge in [0.25, 0.3) is 0 Å². The minimum absolute atomic E-state index is 0.515. The molecule has 0 aliphatic heterocycles. The van der Waals surface area contributed by atoms with Crippen molar-refractivity contribution in [3.63, 3.8) is 0 Å². The Morgan fingerprint density at radius 2 is 2.25 bits per heavy atom. The molecule has 5 nitrogen and oxygen atoms in total. The molecule has 112 valence electrons. The molecule has 0 atom stereocenters. The normalized spacial score (nSPS) is 17.6. The first-order chi connectivity index (χ1) is 9.67. The van der Waals surface area contributed by atoms with E-state index in [2.05, 4.69) is 33.8 Å². The van der Waals surface area contributed by atoms with Crippen molar-refractivity contribution in [2.45, 2.75) is 39.0 Å². The van der Waals surface area contributed by atoms with Crippen molar-refractivity contribution >= 4 is 5.96 Å². The van der Waals surface area contributed by atoms with Crippen molar-refractivity contribution in [1.29, 1.82) is 0 Å². The monoisotopic (exact) mass is 277 g/mol. The van der Waals surface area contributed by atoms with E-state index in [0.29, 0.717) is 5.41 Å². The number of hydrogen-bond donors (Lipinski definition) is 2. The lowest BCUT2D eigenvalue weighted by Gasteiger charge is -2.41. The maximum atomic E-state index is 4.29. The predicted octanol–water partition coefficient (Wildman–Crippen LogP) is 1.71. The lowest BCUT2D eigenvalue weighted by atomic mass is 9.67. The molecule has 1 aliphatic rings. The van der Waals surface area contributed by atoms with Crippen molar-refractivity contribution in [2.75, 3.05) is 20.1 Å². The summed E-state index contributed by atoms with van der Waals surface area (Å²) in [6.45, 7) is 4.21. The van der Waals surface area contributed by atoms with Gasteiger partial charge in [0.2, 0.25) is 0 Å². The van der Waals surface area contributed by atoms with Crippen LogP contribution < -0.4 is 10.6 Å². The summed E-state index contributed by atoms with van der Waals surface area (Å²) >= 11 is 0. The van der Waals surface area contributed by atoms with Gasteiger partial charge in [-0.2, -0.15) is 5.10 Å². The summed E-state index contributed by atoms with van der Waals surface area (Å²) in [4.78, 5) is 4.29. The van der Waals surface area contributed by atoms with Gasteiger partial charge in [0.1, 0.15) is 0 Å². The first-order valence-electron chi connectivity index (χ1n) is 7.59. The zero-order valence-electron chi connectivity index (χ0n) is 12.9. The Labute approximate surface area is 121 Å². The van der Waals surface area contributed by atoms with Crippen LogP contribution in [0.5, 0.6) is 0 Å². The molecule has 1 heterocycles. The molecule has 0 bridgehead atoms. The van der Waals surface area contributed by atoms with Crippen LogP contribution in [-0.2, 0) is 13.5 Å². The fraction of sp³-hybridized carbons (Fsp3) is 0.733. The third-order valence-corrected chi connectivity index (χ3v) is 4.48. The molecule has 1 fully saturated rings. The molecule has 0 amide bonds. The fourth-order valence-corrected chi connectivity index (χ4v) is 2.75. The summed E-state index contributed by atoms with van der Waals surface area (Å²) < 4.78 is 1.84. The minimum atomic E-state index is 0.515. The average molecular weight is 277 g/mol. The SMILES string of the molecule is CCC1(CNC(=NC)NCCc2cnn(C)c2)CCC1. The molecule has 5 heteroatoms. The van der Waals surface area contributed by atoms with E-state index in [4.69, 9.17) is 0 Å². The molecule has 0 aromatic carbocycles. The zero-order chi connectivity index (χ0) is 14.4. The first-order valence-corrected chi connectivity index (χ1v) is 7.59. The molecular weight excluding hydrogens is 250 g/mol. The molecule has 2 N–H and O–H groups in total. The number of guanidine groups is 1. The maximum Gasteiger partial charge on any atom is 0.191 e. The minimum Gasteiger partial charge on any atom is -0.356 e. The van der Waals surface area contributed by atoms with Crippen molar-refractivity contribution in [3.8, 4) is 0 Å². The molecule has 1 aromatic heterocycles. The highest BCUT2D eigenvalue weighted by Crippen LogP contribution is 2.42. The third-order valence-electron chi connectivity index (χ3n) is 4.48. The van der Waals surface area contributed by atoms with Crippen LogP contribution in [0.2, 0.25) is 0 Å². The smallest absolute Gasteiger partial charge is 0.191 e. The summed E-state index contributed by atoms with van der Waals surface area (Å²) in [6, 6.07) is 0. The Bertz CT molecular complexity index is 439. The van der Waals surface area contributed by atoms with Crippen LogP contribution in [0, 0.1) is 5.41 Å². The van der Waals surface area contributed by atoms with Gasteiger partial charge >= 0.3 is 0 Å². The second-order valence-corrected chi connectivity index (χ2v) is 5.83. The van der Waals surface area contributed by atoms with E-state index in [9.17, 15) is 0 Å². The number of aryl methyl sites for hydroxylation is 1. The van der Waals surface area contributed by atoms with Gasteiger partial charge in [-0.3, -0.25) is 9.67 Å². The Morgan fingerprint density at radius 3 is 2.75 bits per heavy atom. The van der Waals surface area contributed by atoms with Crippen LogP contribution in [0.4, 0.5) is 0 Å². The summed E-state index contributed by atoms with van der Waals surface area (Å²) in [7, 11) is 3.78. The molecule has 1 aliphatic carbocycles. The van der Waals surface area contributed by atoms with Gasteiger partial charge in [-0.1, -0.05) is 13.3 Å². The first kappa shape index (κ1) is 14.9. The summed E-state index contributed by atoms with van der Waals surface area (Å²) in [6.07, 6.45) is 10.3. The molecule has 1 aromatic rings. The number of aliphatic imine (C=N–C) groups is 1. The standard InChI is InChI=1S/C15H27N5/c1-4-15(7-5-8-15)12-18-14(16-2)17-9-6-13-10-19-20(3)11-13/h10-11H,4-9,12H2,1-3H3,(H2,16,17,18). The molecule has 0 unspecified atom stereocenters. The second kappa shape index (κ2) is 6.77. The van der Waals surface area contributed by atoms with Crippen LogP contribution in [0.3, 0.4) is 0 Å².